The Morgan fingerprint density at radius 1 is 0.880 bits per heavy atom. The first-order chi connectivity index (χ1) is 11.5. The molecule has 140 valence electrons. The van der Waals surface area contributed by atoms with Crippen LogP contribution in [0.25, 0.3) is 0 Å². The number of hydrogen-bond acceptors (Lipinski definition) is 4. The molecule has 0 aliphatic heterocycles. The van der Waals surface area contributed by atoms with Gasteiger partial charge in [-0.05, 0) is 37.0 Å². The molecule has 0 aromatic carbocycles. The van der Waals surface area contributed by atoms with Crippen LogP contribution in [0.2, 0.25) is 0 Å². The van der Waals surface area contributed by atoms with Crippen molar-refractivity contribution in [2.45, 2.75) is 40.0 Å². The number of fused-ring (bicyclic) bond motifs is 1. The van der Waals surface area contributed by atoms with Gasteiger partial charge in [-0.15, -0.1) is 0 Å². The minimum Gasteiger partial charge on any atom is -0.481 e. The van der Waals surface area contributed by atoms with E-state index in [2.05, 4.69) is 0 Å². The molecule has 7 atom stereocenters. The molecule has 7 unspecified atom stereocenters. The summed E-state index contributed by atoms with van der Waals surface area (Å²) in [4.78, 5) is 47.6. The molecule has 25 heavy (non-hydrogen) atoms. The minimum atomic E-state index is -1.59. The molecule has 2 rings (SSSR count). The van der Waals surface area contributed by atoms with E-state index in [1.165, 1.54) is 0 Å². The van der Waals surface area contributed by atoms with Crippen LogP contribution in [0.5, 0.6) is 0 Å². The van der Waals surface area contributed by atoms with Crippen LogP contribution < -0.4 is 0 Å². The van der Waals surface area contributed by atoms with Crippen molar-refractivity contribution in [2.24, 2.45) is 40.4 Å². The van der Waals surface area contributed by atoms with Crippen molar-refractivity contribution in [3.05, 3.63) is 0 Å². The maximum Gasteiger partial charge on any atom is 0.311 e. The molecule has 0 bridgehead atoms. The maximum atomic E-state index is 12.2. The van der Waals surface area contributed by atoms with Gasteiger partial charge in [0.15, 0.2) is 0 Å². The second-order valence-corrected chi connectivity index (χ2v) is 7.30. The van der Waals surface area contributed by atoms with Crippen molar-refractivity contribution in [3.8, 4) is 0 Å². The summed E-state index contributed by atoms with van der Waals surface area (Å²) in [5.41, 5.74) is -3.17. The van der Waals surface area contributed by atoms with Crippen molar-refractivity contribution in [2.75, 3.05) is 0 Å². The van der Waals surface area contributed by atoms with Crippen LogP contribution in [-0.4, -0.2) is 44.3 Å². The highest BCUT2D eigenvalue weighted by molar-refractivity contribution is 5.91. The van der Waals surface area contributed by atoms with Gasteiger partial charge < -0.3 is 20.4 Å². The first kappa shape index (κ1) is 19.2. The summed E-state index contributed by atoms with van der Waals surface area (Å²) >= 11 is 0. The molecular weight excluding hydrogens is 332 g/mol. The van der Waals surface area contributed by atoms with Crippen LogP contribution in [-0.2, 0) is 19.2 Å². The molecule has 0 amide bonds. The van der Waals surface area contributed by atoms with E-state index in [0.29, 0.717) is 0 Å². The fraction of sp³-hybridized carbons (Fsp3) is 0.765. The lowest BCUT2D eigenvalue weighted by Gasteiger charge is -2.69. The van der Waals surface area contributed by atoms with E-state index in [9.17, 15) is 39.6 Å². The van der Waals surface area contributed by atoms with Crippen LogP contribution in [0.1, 0.15) is 40.0 Å². The second kappa shape index (κ2) is 6.00. The Morgan fingerprint density at radius 2 is 1.36 bits per heavy atom. The van der Waals surface area contributed by atoms with Gasteiger partial charge in [0.2, 0.25) is 0 Å². The second-order valence-electron chi connectivity index (χ2n) is 7.30. The fourth-order valence-electron chi connectivity index (χ4n) is 6.12. The predicted molar refractivity (Wildman–Crippen MR) is 83.7 cm³/mol. The van der Waals surface area contributed by atoms with Crippen LogP contribution in [0, 0.1) is 40.4 Å². The fourth-order valence-corrected chi connectivity index (χ4v) is 6.12. The molecule has 8 heteroatoms. The Kier molecular flexibility index (Phi) is 4.61. The molecule has 8 nitrogen and oxygen atoms in total. The van der Waals surface area contributed by atoms with Crippen LogP contribution in [0.15, 0.2) is 0 Å². The van der Waals surface area contributed by atoms with Gasteiger partial charge in [0, 0.05) is 0 Å². The third-order valence-corrected chi connectivity index (χ3v) is 6.99. The highest BCUT2D eigenvalue weighted by Gasteiger charge is 2.80. The van der Waals surface area contributed by atoms with Crippen molar-refractivity contribution >= 4 is 23.9 Å². The number of carbonyl (C=O) groups is 4. The summed E-state index contributed by atoms with van der Waals surface area (Å²) in [6, 6.07) is 0. The van der Waals surface area contributed by atoms with E-state index in [1.54, 1.807) is 20.8 Å². The van der Waals surface area contributed by atoms with Crippen molar-refractivity contribution in [1.82, 2.24) is 0 Å². The lowest BCUT2D eigenvalue weighted by Crippen LogP contribution is -2.75. The lowest BCUT2D eigenvalue weighted by molar-refractivity contribution is -0.266. The lowest BCUT2D eigenvalue weighted by atomic mass is 9.30. The smallest absolute Gasteiger partial charge is 0.311 e. The van der Waals surface area contributed by atoms with Gasteiger partial charge >= 0.3 is 23.9 Å². The molecular formula is C17H24O8. The zero-order valence-corrected chi connectivity index (χ0v) is 14.4. The van der Waals surface area contributed by atoms with E-state index < -0.39 is 64.3 Å². The van der Waals surface area contributed by atoms with Gasteiger partial charge in [0.1, 0.15) is 0 Å². The Labute approximate surface area is 144 Å². The topological polar surface area (TPSA) is 149 Å². The van der Waals surface area contributed by atoms with Crippen molar-refractivity contribution in [1.29, 1.82) is 0 Å². The Bertz CT molecular complexity index is 628. The van der Waals surface area contributed by atoms with E-state index in [1.807, 2.05) is 0 Å². The molecule has 0 heterocycles. The van der Waals surface area contributed by atoms with Gasteiger partial charge in [-0.2, -0.15) is 0 Å². The number of rotatable bonds is 6. The van der Waals surface area contributed by atoms with Crippen LogP contribution in [0.4, 0.5) is 0 Å². The minimum absolute atomic E-state index is 0.0536. The summed E-state index contributed by atoms with van der Waals surface area (Å²) < 4.78 is 0. The average molecular weight is 356 g/mol. The summed E-state index contributed by atoms with van der Waals surface area (Å²) in [6.45, 7) is 4.74. The van der Waals surface area contributed by atoms with Gasteiger partial charge in [-0.25, -0.2) is 0 Å². The molecule has 2 aliphatic carbocycles. The molecule has 0 saturated heterocycles. The predicted octanol–water partition coefficient (Wildman–Crippen LogP) is 1.64. The third-order valence-electron chi connectivity index (χ3n) is 6.99. The number of carboxylic acids is 4. The number of hydrogen-bond donors (Lipinski definition) is 4. The van der Waals surface area contributed by atoms with Crippen LogP contribution in [0.3, 0.4) is 0 Å². The molecule has 4 N–H and O–H groups in total. The van der Waals surface area contributed by atoms with E-state index in [-0.39, 0.29) is 19.3 Å². The first-order valence-electron chi connectivity index (χ1n) is 8.46. The van der Waals surface area contributed by atoms with Crippen molar-refractivity contribution in [3.63, 3.8) is 0 Å². The Morgan fingerprint density at radius 3 is 1.68 bits per heavy atom. The van der Waals surface area contributed by atoms with E-state index in [4.69, 9.17) is 0 Å². The molecule has 0 radical (unpaired) electrons. The third kappa shape index (κ3) is 2.05. The standard InChI is InChI=1S/C17H24O8/c1-4-16(14(22)23)9-6-8(12(18)19)10(13(20)21)7(3)11(9)17(16,5-2)15(24)25/h7-11H,4-6H2,1-3H3,(H,18,19)(H,20,21)(H,22,23)(H,24,25). The summed E-state index contributed by atoms with van der Waals surface area (Å²) in [7, 11) is 0. The van der Waals surface area contributed by atoms with E-state index in [0.717, 1.165) is 0 Å². The summed E-state index contributed by atoms with van der Waals surface area (Å²) in [5, 5.41) is 38.8. The Balaban J connectivity index is 2.67. The summed E-state index contributed by atoms with van der Waals surface area (Å²) in [5.74, 6) is -9.59. The molecule has 2 saturated carbocycles. The van der Waals surface area contributed by atoms with Gasteiger partial charge in [-0.1, -0.05) is 20.8 Å². The number of carboxylic acid groups (broad SMARTS) is 4. The van der Waals surface area contributed by atoms with Crippen LogP contribution >= 0.6 is 0 Å². The number of aliphatic carboxylic acids is 4. The molecule has 0 aromatic rings. The zero-order chi connectivity index (χ0) is 19.3. The van der Waals surface area contributed by atoms with Crippen molar-refractivity contribution < 1.29 is 39.6 Å². The highest BCUT2D eigenvalue weighted by Crippen LogP contribution is 2.74. The molecule has 2 fully saturated rings. The normalized spacial score (nSPS) is 42.8. The quantitative estimate of drug-likeness (QED) is 0.561. The monoisotopic (exact) mass is 356 g/mol. The molecule has 0 aromatic heterocycles. The van der Waals surface area contributed by atoms with Gasteiger partial charge in [0.25, 0.3) is 0 Å². The van der Waals surface area contributed by atoms with Gasteiger partial charge in [0.05, 0.1) is 22.7 Å². The molecule has 0 spiro atoms. The Hall–Kier alpha value is -2.12. The maximum absolute atomic E-state index is 12.2. The highest BCUT2D eigenvalue weighted by atomic mass is 16.4. The average Bonchev–Trinajstić information content (AvgIpc) is 2.48. The van der Waals surface area contributed by atoms with E-state index >= 15 is 0 Å². The first-order valence-corrected chi connectivity index (χ1v) is 8.46. The SMILES string of the molecule is CCC1(C(=O)O)C2CC(C(=O)O)C(C(=O)O)C(C)C2C1(CC)C(=O)O. The van der Waals surface area contributed by atoms with Gasteiger partial charge in [-0.3, -0.25) is 19.2 Å². The molecule has 2 aliphatic rings. The summed E-state index contributed by atoms with van der Waals surface area (Å²) in [6.07, 6.45) is -0.0189. The zero-order valence-electron chi connectivity index (χ0n) is 14.4. The largest absolute Gasteiger partial charge is 0.481 e.